The molecule has 0 spiro atoms. The highest BCUT2D eigenvalue weighted by atomic mass is 32.1. The second-order valence-corrected chi connectivity index (χ2v) is 9.77. The topological polar surface area (TPSA) is 148 Å². The smallest absolute Gasteiger partial charge is 0.333 e. The number of rotatable bonds is 9. The number of aliphatic hydroxyl groups excluding tert-OH is 2. The molecule has 0 bridgehead atoms. The lowest BCUT2D eigenvalue weighted by molar-refractivity contribution is -0.146. The minimum absolute atomic E-state index is 0.139. The van der Waals surface area contributed by atoms with E-state index in [0.717, 1.165) is 10.1 Å². The second-order valence-electron chi connectivity index (χ2n) is 8.77. The van der Waals surface area contributed by atoms with Gasteiger partial charge in [-0.1, -0.05) is 44.7 Å². The zero-order valence-corrected chi connectivity index (χ0v) is 24.4. The van der Waals surface area contributed by atoms with Crippen molar-refractivity contribution in [2.45, 2.75) is 73.1 Å². The van der Waals surface area contributed by atoms with Crippen molar-refractivity contribution in [1.29, 1.82) is 0 Å². The van der Waals surface area contributed by atoms with Crippen molar-refractivity contribution in [2.75, 3.05) is 6.61 Å². The van der Waals surface area contributed by atoms with Crippen molar-refractivity contribution in [3.63, 3.8) is 0 Å². The number of hydrogen-bond acceptors (Lipinski definition) is 8. The third kappa shape index (κ3) is 7.75. The Labute approximate surface area is 231 Å². The van der Waals surface area contributed by atoms with Crippen LogP contribution in [0.25, 0.3) is 21.0 Å². The number of carboxylic acids is 1. The van der Waals surface area contributed by atoms with Crippen LogP contribution in [0.5, 0.6) is 0 Å². The largest absolute Gasteiger partial charge is 0.480 e. The first kappa shape index (κ1) is 33.5. The maximum atomic E-state index is 13.5. The van der Waals surface area contributed by atoms with E-state index in [0.29, 0.717) is 27.6 Å². The van der Waals surface area contributed by atoms with E-state index in [4.69, 9.17) is 14.6 Å². The summed E-state index contributed by atoms with van der Waals surface area (Å²) in [6, 6.07) is 0. The molecule has 0 saturated heterocycles. The van der Waals surface area contributed by atoms with Gasteiger partial charge in [0.05, 0.1) is 29.2 Å². The zero-order chi connectivity index (χ0) is 29.9. The summed E-state index contributed by atoms with van der Waals surface area (Å²) in [4.78, 5) is 44.0. The number of allylic oxidation sites excluding steroid dienone is 5. The fourth-order valence-corrected chi connectivity index (χ4v) is 4.76. The number of aliphatic hydroxyl groups is 2. The maximum Gasteiger partial charge on any atom is 0.333 e. The Bertz CT molecular complexity index is 1420. The molecule has 0 aliphatic heterocycles. The molecular formula is C28H39N3O7S. The lowest BCUT2D eigenvalue weighted by Crippen LogP contribution is -2.52. The molecule has 39 heavy (non-hydrogen) atoms. The Morgan fingerprint density at radius 2 is 1.92 bits per heavy atom. The van der Waals surface area contributed by atoms with Crippen LogP contribution in [0.3, 0.4) is 0 Å². The van der Waals surface area contributed by atoms with Gasteiger partial charge in [0, 0.05) is 6.54 Å². The van der Waals surface area contributed by atoms with E-state index in [2.05, 4.69) is 11.6 Å². The first-order valence-corrected chi connectivity index (χ1v) is 13.4. The van der Waals surface area contributed by atoms with Gasteiger partial charge in [-0.05, 0) is 52.2 Å². The van der Waals surface area contributed by atoms with Crippen molar-refractivity contribution in [3.05, 3.63) is 75.3 Å². The van der Waals surface area contributed by atoms with Crippen LogP contribution in [0.15, 0.2) is 62.9 Å². The number of aliphatic carboxylic acids is 1. The molecule has 0 aliphatic carbocycles. The molecule has 3 heterocycles. The van der Waals surface area contributed by atoms with Crippen LogP contribution in [-0.2, 0) is 16.9 Å². The minimum atomic E-state index is -1.73. The van der Waals surface area contributed by atoms with E-state index in [9.17, 15) is 19.5 Å². The van der Waals surface area contributed by atoms with E-state index in [-0.39, 0.29) is 18.5 Å². The Morgan fingerprint density at radius 3 is 2.38 bits per heavy atom. The number of nitrogens with zero attached hydrogens (tertiary/aromatic N) is 3. The fraction of sp³-hybridized carbons (Fsp3) is 0.429. The molecule has 0 saturated carbocycles. The third-order valence-corrected chi connectivity index (χ3v) is 6.83. The molecule has 214 valence electrons. The fourth-order valence-electron chi connectivity index (χ4n) is 3.50. The Hall–Kier alpha value is -3.54. The first-order valence-electron chi connectivity index (χ1n) is 12.6. The maximum absolute atomic E-state index is 13.5. The standard InChI is InChI=1S/C23H25N3O5S.C3H8O2.C2H6/c1-6-8-15(9-7-2)10-12-25-20-16(14(3)17(32-20)18-24-11-13-31-18)19(27)26(22(25)30)23(4,5)21(28)29;1-3(5)2-4;1-2/h6-9,11,13H,1,10,12H2,2-5H3,(H,28,29);3-5H,2H2,1H3;1-2H3/b9-7-,15-8+;;. The summed E-state index contributed by atoms with van der Waals surface area (Å²) in [6.45, 7) is 15.7. The van der Waals surface area contributed by atoms with Gasteiger partial charge in [0.2, 0.25) is 5.89 Å². The lowest BCUT2D eigenvalue weighted by atomic mass is 10.1. The van der Waals surface area contributed by atoms with E-state index in [1.165, 1.54) is 49.1 Å². The predicted octanol–water partition coefficient (Wildman–Crippen LogP) is 4.47. The molecule has 0 aromatic carbocycles. The highest BCUT2D eigenvalue weighted by Gasteiger charge is 2.35. The molecule has 11 heteroatoms. The number of hydrogen-bond donors (Lipinski definition) is 3. The summed E-state index contributed by atoms with van der Waals surface area (Å²) in [5.41, 5.74) is -1.51. The van der Waals surface area contributed by atoms with E-state index >= 15 is 0 Å². The van der Waals surface area contributed by atoms with Gasteiger partial charge < -0.3 is 19.7 Å². The number of aromatic nitrogens is 3. The number of thiophene rings is 1. The number of oxazole rings is 1. The molecule has 3 aromatic heterocycles. The van der Waals surface area contributed by atoms with Crippen LogP contribution in [-0.4, -0.2) is 48.1 Å². The van der Waals surface area contributed by atoms with Crippen molar-refractivity contribution in [3.8, 4) is 10.8 Å². The molecule has 0 aliphatic rings. The number of fused-ring (bicyclic) bond motifs is 1. The Morgan fingerprint density at radius 1 is 1.31 bits per heavy atom. The van der Waals surface area contributed by atoms with Crippen LogP contribution >= 0.6 is 11.3 Å². The van der Waals surface area contributed by atoms with Gasteiger partial charge in [-0.3, -0.25) is 9.36 Å². The average molecular weight is 562 g/mol. The van der Waals surface area contributed by atoms with Crippen molar-refractivity contribution in [2.24, 2.45) is 0 Å². The minimum Gasteiger partial charge on any atom is -0.480 e. The summed E-state index contributed by atoms with van der Waals surface area (Å²) in [5.74, 6) is -0.933. The average Bonchev–Trinajstić information content (AvgIpc) is 3.53. The normalized spacial score (nSPS) is 12.5. The van der Waals surface area contributed by atoms with Crippen molar-refractivity contribution in [1.82, 2.24) is 14.1 Å². The number of aryl methyl sites for hydroxylation is 2. The quantitative estimate of drug-likeness (QED) is 0.324. The molecule has 10 nitrogen and oxygen atoms in total. The summed E-state index contributed by atoms with van der Waals surface area (Å²) in [6.07, 6.45) is 10.2. The summed E-state index contributed by atoms with van der Waals surface area (Å²) in [5, 5.41) is 26.0. The van der Waals surface area contributed by atoms with E-state index in [1.807, 2.05) is 39.0 Å². The molecule has 3 aromatic rings. The van der Waals surface area contributed by atoms with Crippen LogP contribution in [0.1, 0.15) is 53.5 Å². The highest BCUT2D eigenvalue weighted by molar-refractivity contribution is 7.22. The van der Waals surface area contributed by atoms with Crippen LogP contribution in [0.2, 0.25) is 0 Å². The summed E-state index contributed by atoms with van der Waals surface area (Å²) in [7, 11) is 0. The van der Waals surface area contributed by atoms with Crippen LogP contribution in [0, 0.1) is 6.92 Å². The van der Waals surface area contributed by atoms with E-state index in [1.54, 1.807) is 13.0 Å². The molecule has 0 amide bonds. The number of carbonyl (C=O) groups is 1. The SMILES string of the molecule is C=C/C=C(\C=C/C)CCn1c(=O)n(C(C)(C)C(=O)O)c(=O)c2c(C)c(-c3ncco3)sc21.CC.CC(O)CO. The number of carboxylic acid groups (broad SMARTS) is 1. The van der Waals surface area contributed by atoms with Crippen LogP contribution in [0.4, 0.5) is 0 Å². The highest BCUT2D eigenvalue weighted by Crippen LogP contribution is 2.35. The van der Waals surface area contributed by atoms with Gasteiger partial charge in [-0.15, -0.1) is 11.3 Å². The van der Waals surface area contributed by atoms with Gasteiger partial charge in [-0.2, -0.15) is 0 Å². The zero-order valence-electron chi connectivity index (χ0n) is 23.6. The molecule has 0 radical (unpaired) electrons. The molecule has 1 unspecified atom stereocenters. The van der Waals surface area contributed by atoms with Gasteiger partial charge in [0.15, 0.2) is 0 Å². The third-order valence-electron chi connectivity index (χ3n) is 5.52. The summed E-state index contributed by atoms with van der Waals surface area (Å²) < 4.78 is 7.70. The second kappa shape index (κ2) is 15.2. The molecule has 1 atom stereocenters. The summed E-state index contributed by atoms with van der Waals surface area (Å²) >= 11 is 1.23. The Balaban J connectivity index is 0.000000975. The van der Waals surface area contributed by atoms with Gasteiger partial charge >= 0.3 is 11.7 Å². The van der Waals surface area contributed by atoms with Gasteiger partial charge in [0.1, 0.15) is 16.6 Å². The van der Waals surface area contributed by atoms with Gasteiger partial charge in [-0.25, -0.2) is 19.1 Å². The van der Waals surface area contributed by atoms with E-state index < -0.39 is 28.9 Å². The molecule has 3 rings (SSSR count). The molecular weight excluding hydrogens is 522 g/mol. The molecule has 0 fully saturated rings. The Kier molecular flexibility index (Phi) is 13.0. The van der Waals surface area contributed by atoms with Crippen LogP contribution < -0.4 is 11.2 Å². The molecule has 3 N–H and O–H groups in total. The van der Waals surface area contributed by atoms with Gasteiger partial charge in [0.25, 0.3) is 5.56 Å². The predicted molar refractivity (Wildman–Crippen MR) is 155 cm³/mol. The van der Waals surface area contributed by atoms with Crippen molar-refractivity contribution < 1.29 is 24.5 Å². The monoisotopic (exact) mass is 561 g/mol. The lowest BCUT2D eigenvalue weighted by Gasteiger charge is -2.23. The van der Waals surface area contributed by atoms with Crippen molar-refractivity contribution >= 4 is 27.5 Å². The first-order chi connectivity index (χ1) is 18.4.